The Labute approximate surface area is 110 Å². The van der Waals surface area contributed by atoms with Gasteiger partial charge < -0.3 is 15.4 Å². The topological polar surface area (TPSA) is 103 Å². The molecule has 0 saturated carbocycles. The van der Waals surface area contributed by atoms with Gasteiger partial charge >= 0.3 is 6.01 Å². The molecule has 0 radical (unpaired) electrons. The summed E-state index contributed by atoms with van der Waals surface area (Å²) in [5, 5.41) is 10.2. The van der Waals surface area contributed by atoms with Crippen molar-refractivity contribution < 1.29 is 4.74 Å². The standard InChI is InChI=1S/C10H16N8O/c1-4-11-8-14-9(16-10(15-8)19-3)12-5-7-13-6-18(2)17-7/h6H,4-5H2,1-3H3,(H2,11,12,14,15,16). The molecule has 2 N–H and O–H groups in total. The van der Waals surface area contributed by atoms with E-state index < -0.39 is 0 Å². The van der Waals surface area contributed by atoms with E-state index >= 15 is 0 Å². The molecule has 0 amide bonds. The first-order valence-corrected chi connectivity index (χ1v) is 5.83. The van der Waals surface area contributed by atoms with Crippen molar-refractivity contribution in [1.29, 1.82) is 0 Å². The normalized spacial score (nSPS) is 10.3. The Kier molecular flexibility index (Phi) is 4.06. The van der Waals surface area contributed by atoms with Crippen LogP contribution in [0.15, 0.2) is 6.33 Å². The summed E-state index contributed by atoms with van der Waals surface area (Å²) in [6, 6.07) is 0.252. The van der Waals surface area contributed by atoms with E-state index in [4.69, 9.17) is 4.74 Å². The molecule has 9 heteroatoms. The molecule has 0 aliphatic rings. The van der Waals surface area contributed by atoms with Crippen LogP contribution in [-0.4, -0.2) is 43.4 Å². The minimum absolute atomic E-state index is 0.252. The molecule has 2 aromatic rings. The van der Waals surface area contributed by atoms with Gasteiger partial charge in [0.15, 0.2) is 5.82 Å². The molecule has 2 aromatic heterocycles. The van der Waals surface area contributed by atoms with Crippen molar-refractivity contribution >= 4 is 11.9 Å². The van der Waals surface area contributed by atoms with Crippen LogP contribution < -0.4 is 15.4 Å². The first-order chi connectivity index (χ1) is 9.21. The third-order valence-corrected chi connectivity index (χ3v) is 2.18. The van der Waals surface area contributed by atoms with Gasteiger partial charge in [-0.05, 0) is 6.92 Å². The number of aromatic nitrogens is 6. The fraction of sp³-hybridized carbons (Fsp3) is 0.500. The third-order valence-electron chi connectivity index (χ3n) is 2.18. The fourth-order valence-electron chi connectivity index (χ4n) is 1.39. The molecular formula is C10H16N8O. The van der Waals surface area contributed by atoms with Crippen molar-refractivity contribution in [1.82, 2.24) is 29.7 Å². The number of methoxy groups -OCH3 is 1. The SMILES string of the molecule is CCNc1nc(NCc2ncn(C)n2)nc(OC)n1. The summed E-state index contributed by atoms with van der Waals surface area (Å²) >= 11 is 0. The smallest absolute Gasteiger partial charge is 0.322 e. The van der Waals surface area contributed by atoms with Gasteiger partial charge in [0.25, 0.3) is 0 Å². The van der Waals surface area contributed by atoms with Gasteiger partial charge in [-0.2, -0.15) is 20.1 Å². The van der Waals surface area contributed by atoms with Gasteiger partial charge in [-0.25, -0.2) is 4.98 Å². The summed E-state index contributed by atoms with van der Waals surface area (Å²) in [7, 11) is 3.32. The molecule has 2 heterocycles. The monoisotopic (exact) mass is 264 g/mol. The van der Waals surface area contributed by atoms with Gasteiger partial charge in [-0.15, -0.1) is 0 Å². The van der Waals surface area contributed by atoms with E-state index in [1.54, 1.807) is 11.0 Å². The average Bonchev–Trinajstić information content (AvgIpc) is 2.82. The highest BCUT2D eigenvalue weighted by atomic mass is 16.5. The van der Waals surface area contributed by atoms with Crippen molar-refractivity contribution in [2.24, 2.45) is 7.05 Å². The quantitative estimate of drug-likeness (QED) is 0.754. The minimum Gasteiger partial charge on any atom is -0.467 e. The second-order valence-corrected chi connectivity index (χ2v) is 3.69. The van der Waals surface area contributed by atoms with Crippen LogP contribution in [0, 0.1) is 0 Å². The van der Waals surface area contributed by atoms with E-state index in [0.29, 0.717) is 30.8 Å². The maximum absolute atomic E-state index is 5.02. The number of hydrogen-bond donors (Lipinski definition) is 2. The lowest BCUT2D eigenvalue weighted by atomic mass is 10.6. The number of nitrogens with zero attached hydrogens (tertiary/aromatic N) is 6. The summed E-state index contributed by atoms with van der Waals surface area (Å²) in [5.41, 5.74) is 0. The van der Waals surface area contributed by atoms with Crippen LogP contribution in [0.2, 0.25) is 0 Å². The van der Waals surface area contributed by atoms with Crippen molar-refractivity contribution in [3.63, 3.8) is 0 Å². The third kappa shape index (κ3) is 3.50. The molecule has 0 unspecified atom stereocenters. The zero-order chi connectivity index (χ0) is 13.7. The Morgan fingerprint density at radius 3 is 2.53 bits per heavy atom. The molecule has 2 rings (SSSR count). The summed E-state index contributed by atoms with van der Waals surface area (Å²) in [6.07, 6.45) is 1.63. The number of aryl methyl sites for hydroxylation is 1. The number of rotatable bonds is 6. The number of ether oxygens (including phenoxy) is 1. The molecule has 0 fully saturated rings. The Hall–Kier alpha value is -2.45. The minimum atomic E-state index is 0.252. The summed E-state index contributed by atoms with van der Waals surface area (Å²) in [4.78, 5) is 16.5. The average molecular weight is 264 g/mol. The van der Waals surface area contributed by atoms with Gasteiger partial charge in [0, 0.05) is 13.6 Å². The summed E-state index contributed by atoms with van der Waals surface area (Å²) < 4.78 is 6.65. The first-order valence-electron chi connectivity index (χ1n) is 5.83. The van der Waals surface area contributed by atoms with Gasteiger partial charge in [0.1, 0.15) is 6.33 Å². The zero-order valence-electron chi connectivity index (χ0n) is 11.1. The molecule has 9 nitrogen and oxygen atoms in total. The molecule has 0 aromatic carbocycles. The highest BCUT2D eigenvalue weighted by molar-refractivity contribution is 5.35. The van der Waals surface area contributed by atoms with E-state index in [9.17, 15) is 0 Å². The van der Waals surface area contributed by atoms with Crippen LogP contribution in [0.4, 0.5) is 11.9 Å². The van der Waals surface area contributed by atoms with Gasteiger partial charge in [-0.1, -0.05) is 0 Å². The Balaban J connectivity index is 2.08. The molecule has 102 valence electrons. The first kappa shape index (κ1) is 13.0. The zero-order valence-corrected chi connectivity index (χ0v) is 11.1. The van der Waals surface area contributed by atoms with Gasteiger partial charge in [0.05, 0.1) is 13.7 Å². The van der Waals surface area contributed by atoms with Crippen LogP contribution in [0.1, 0.15) is 12.7 Å². The summed E-state index contributed by atoms with van der Waals surface area (Å²) in [6.45, 7) is 3.11. The second kappa shape index (κ2) is 5.94. The van der Waals surface area contributed by atoms with Crippen LogP contribution >= 0.6 is 0 Å². The lowest BCUT2D eigenvalue weighted by Gasteiger charge is -2.07. The lowest BCUT2D eigenvalue weighted by molar-refractivity contribution is 0.379. The molecule has 0 aliphatic carbocycles. The Morgan fingerprint density at radius 1 is 1.21 bits per heavy atom. The van der Waals surface area contributed by atoms with Gasteiger partial charge in [0.2, 0.25) is 11.9 Å². The number of anilines is 2. The molecular weight excluding hydrogens is 248 g/mol. The molecule has 0 saturated heterocycles. The second-order valence-electron chi connectivity index (χ2n) is 3.69. The summed E-state index contributed by atoms with van der Waals surface area (Å²) in [5.74, 6) is 1.54. The van der Waals surface area contributed by atoms with Crippen molar-refractivity contribution in [3.8, 4) is 6.01 Å². The molecule has 0 bridgehead atoms. The molecule has 0 atom stereocenters. The Bertz CT molecular complexity index is 540. The van der Waals surface area contributed by atoms with Crippen LogP contribution in [-0.2, 0) is 13.6 Å². The predicted molar refractivity (Wildman–Crippen MR) is 68.9 cm³/mol. The highest BCUT2D eigenvalue weighted by Gasteiger charge is 2.07. The van der Waals surface area contributed by atoms with E-state index in [-0.39, 0.29) is 6.01 Å². The maximum atomic E-state index is 5.02. The molecule has 0 aliphatic heterocycles. The van der Waals surface area contributed by atoms with Gasteiger partial charge in [-0.3, -0.25) is 4.68 Å². The largest absolute Gasteiger partial charge is 0.467 e. The van der Waals surface area contributed by atoms with Crippen molar-refractivity contribution in [2.45, 2.75) is 13.5 Å². The number of hydrogen-bond acceptors (Lipinski definition) is 8. The molecule has 19 heavy (non-hydrogen) atoms. The Morgan fingerprint density at radius 2 is 1.95 bits per heavy atom. The van der Waals surface area contributed by atoms with Crippen LogP contribution in [0.3, 0.4) is 0 Å². The van der Waals surface area contributed by atoms with Crippen molar-refractivity contribution in [3.05, 3.63) is 12.2 Å². The lowest BCUT2D eigenvalue weighted by Crippen LogP contribution is -2.10. The fourth-order valence-corrected chi connectivity index (χ4v) is 1.39. The van der Waals surface area contributed by atoms with Crippen LogP contribution in [0.25, 0.3) is 0 Å². The predicted octanol–water partition coefficient (Wildman–Crippen LogP) is 0.0526. The van der Waals surface area contributed by atoms with Crippen LogP contribution in [0.5, 0.6) is 6.01 Å². The number of nitrogens with one attached hydrogen (secondary N) is 2. The highest BCUT2D eigenvalue weighted by Crippen LogP contribution is 2.10. The van der Waals surface area contributed by atoms with E-state index in [0.717, 1.165) is 0 Å². The van der Waals surface area contributed by atoms with E-state index in [2.05, 4.69) is 35.7 Å². The van der Waals surface area contributed by atoms with E-state index in [1.807, 2.05) is 14.0 Å². The maximum Gasteiger partial charge on any atom is 0.322 e. The van der Waals surface area contributed by atoms with E-state index in [1.165, 1.54) is 7.11 Å². The van der Waals surface area contributed by atoms with Crippen molar-refractivity contribution in [2.75, 3.05) is 24.3 Å². The molecule has 0 spiro atoms.